The first-order chi connectivity index (χ1) is 22.1. The van der Waals surface area contributed by atoms with Gasteiger partial charge in [-0.3, -0.25) is 0 Å². The molecule has 45 heavy (non-hydrogen) atoms. The lowest BCUT2D eigenvalue weighted by atomic mass is 9.84. The first-order valence-corrected chi connectivity index (χ1v) is 16.5. The first-order valence-electron chi connectivity index (χ1n) is 15.6. The number of nitrogens with zero attached hydrogens (tertiary/aromatic N) is 2. The van der Waals surface area contributed by atoms with Gasteiger partial charge in [0.25, 0.3) is 0 Å². The number of aryl methyl sites for hydroxylation is 1. The second-order valence-corrected chi connectivity index (χ2v) is 13.1. The van der Waals surface area contributed by atoms with E-state index in [1.165, 1.54) is 28.8 Å². The molecule has 0 bridgehead atoms. The van der Waals surface area contributed by atoms with Crippen LogP contribution in [0, 0.1) is 11.6 Å². The van der Waals surface area contributed by atoms with Crippen molar-refractivity contribution in [2.24, 2.45) is 0 Å². The van der Waals surface area contributed by atoms with Gasteiger partial charge in [0.1, 0.15) is 17.5 Å². The maximum atomic E-state index is 14.6. The summed E-state index contributed by atoms with van der Waals surface area (Å²) in [5, 5.41) is 7.48. The Morgan fingerprint density at radius 3 is 1.98 bits per heavy atom. The number of benzene rings is 4. The van der Waals surface area contributed by atoms with Crippen LogP contribution in [0.15, 0.2) is 122 Å². The van der Waals surface area contributed by atoms with E-state index in [9.17, 15) is 8.78 Å². The summed E-state index contributed by atoms with van der Waals surface area (Å²) in [5.74, 6) is -0.247. The fourth-order valence-corrected chi connectivity index (χ4v) is 8.10. The van der Waals surface area contributed by atoms with Crippen LogP contribution in [-0.2, 0) is 17.7 Å². The van der Waals surface area contributed by atoms with Crippen LogP contribution >= 0.6 is 11.8 Å². The minimum absolute atomic E-state index is 0.0174. The van der Waals surface area contributed by atoms with Crippen molar-refractivity contribution in [2.45, 2.75) is 54.8 Å². The van der Waals surface area contributed by atoms with Crippen LogP contribution in [-0.4, -0.2) is 27.8 Å². The Kier molecular flexibility index (Phi) is 9.99. The van der Waals surface area contributed by atoms with Gasteiger partial charge in [-0.2, -0.15) is 0 Å². The van der Waals surface area contributed by atoms with Gasteiger partial charge < -0.3 is 10.6 Å². The van der Waals surface area contributed by atoms with E-state index in [-0.39, 0.29) is 29.4 Å². The number of rotatable bonds is 12. The van der Waals surface area contributed by atoms with E-state index in [0.717, 1.165) is 37.4 Å². The van der Waals surface area contributed by atoms with Crippen LogP contribution in [0.1, 0.15) is 59.4 Å². The van der Waals surface area contributed by atoms with Crippen molar-refractivity contribution in [2.75, 3.05) is 6.54 Å². The van der Waals surface area contributed by atoms with Crippen molar-refractivity contribution < 1.29 is 8.78 Å². The Morgan fingerprint density at radius 2 is 1.42 bits per heavy atom. The molecular weight excluding hydrogens is 583 g/mol. The molecule has 4 aromatic carbocycles. The summed E-state index contributed by atoms with van der Waals surface area (Å²) in [7, 11) is 0. The highest BCUT2D eigenvalue weighted by atomic mass is 32.2. The van der Waals surface area contributed by atoms with E-state index in [2.05, 4.69) is 109 Å². The van der Waals surface area contributed by atoms with Crippen molar-refractivity contribution in [1.29, 1.82) is 0 Å². The zero-order chi connectivity index (χ0) is 31.1. The molecule has 230 valence electrons. The Hall–Kier alpha value is -3.91. The SMILES string of the molecule is CCCc1cnc(C(NCc2cc(F)ccc2F)[C@@H]2C[C@@H](SC(c3ccccc3)(c3ccccc3)c3ccccc3)CN2)nc1. The van der Waals surface area contributed by atoms with Gasteiger partial charge >= 0.3 is 0 Å². The topological polar surface area (TPSA) is 49.8 Å². The predicted octanol–water partition coefficient (Wildman–Crippen LogP) is 7.99. The minimum Gasteiger partial charge on any atom is -0.311 e. The largest absolute Gasteiger partial charge is 0.311 e. The standard InChI is InChI=1S/C38H38F2N4S/c1-2-12-27-23-43-37(44-24-27)36(42-25-28-21-32(39)19-20-34(28)40)35-22-33(26-41-35)45-38(29-13-6-3-7-14-29,30-15-8-4-9-16-30)31-17-10-5-11-18-31/h3-11,13-21,23-24,33,35-36,41-42H,2,12,22,25-26H2,1H3/t33-,35+,36?/m1/s1. The summed E-state index contributed by atoms with van der Waals surface area (Å²) in [6.07, 6.45) is 6.53. The molecule has 0 amide bonds. The molecule has 1 saturated heterocycles. The number of hydrogen-bond donors (Lipinski definition) is 2. The molecule has 0 aliphatic carbocycles. The van der Waals surface area contributed by atoms with Crippen molar-refractivity contribution in [3.05, 3.63) is 167 Å². The molecule has 1 aliphatic rings. The number of aromatic nitrogens is 2. The van der Waals surface area contributed by atoms with Crippen LogP contribution in [0.5, 0.6) is 0 Å². The van der Waals surface area contributed by atoms with Crippen molar-refractivity contribution in [3.8, 4) is 0 Å². The highest BCUT2D eigenvalue weighted by molar-refractivity contribution is 8.01. The Balaban J connectivity index is 1.32. The van der Waals surface area contributed by atoms with Gasteiger partial charge in [0.15, 0.2) is 0 Å². The first kappa shape index (κ1) is 31.1. The van der Waals surface area contributed by atoms with Crippen LogP contribution in [0.3, 0.4) is 0 Å². The van der Waals surface area contributed by atoms with Gasteiger partial charge in [-0.15, -0.1) is 11.8 Å². The van der Waals surface area contributed by atoms with Gasteiger partial charge in [-0.1, -0.05) is 104 Å². The highest BCUT2D eigenvalue weighted by Crippen LogP contribution is 2.51. The number of halogens is 2. The summed E-state index contributed by atoms with van der Waals surface area (Å²) in [6.45, 7) is 3.07. The third-order valence-corrected chi connectivity index (χ3v) is 10.2. The molecular formula is C38H38F2N4S. The zero-order valence-electron chi connectivity index (χ0n) is 25.4. The summed E-state index contributed by atoms with van der Waals surface area (Å²) in [4.78, 5) is 9.50. The molecule has 1 fully saturated rings. The van der Waals surface area contributed by atoms with Crippen molar-refractivity contribution in [3.63, 3.8) is 0 Å². The molecule has 0 saturated carbocycles. The van der Waals surface area contributed by atoms with E-state index >= 15 is 0 Å². The Labute approximate surface area is 268 Å². The van der Waals surface area contributed by atoms with E-state index in [1.807, 2.05) is 24.2 Å². The number of thioether (sulfide) groups is 1. The maximum Gasteiger partial charge on any atom is 0.146 e. The molecule has 6 rings (SSSR count). The summed E-state index contributed by atoms with van der Waals surface area (Å²) < 4.78 is 28.2. The third kappa shape index (κ3) is 7.01. The normalized spacial score (nSPS) is 17.3. The van der Waals surface area contributed by atoms with Crippen LogP contribution in [0.4, 0.5) is 8.78 Å². The molecule has 4 nitrogen and oxygen atoms in total. The van der Waals surface area contributed by atoms with E-state index in [1.54, 1.807) is 0 Å². The molecule has 0 spiro atoms. The average Bonchev–Trinajstić information content (AvgIpc) is 3.55. The van der Waals surface area contributed by atoms with Gasteiger partial charge in [-0.05, 0) is 53.3 Å². The Morgan fingerprint density at radius 1 is 0.844 bits per heavy atom. The monoisotopic (exact) mass is 620 g/mol. The molecule has 7 heteroatoms. The maximum absolute atomic E-state index is 14.6. The lowest BCUT2D eigenvalue weighted by molar-refractivity contribution is 0.391. The second kappa shape index (κ2) is 14.5. The second-order valence-electron chi connectivity index (χ2n) is 11.6. The van der Waals surface area contributed by atoms with Crippen LogP contribution in [0.2, 0.25) is 0 Å². The smallest absolute Gasteiger partial charge is 0.146 e. The number of nitrogens with one attached hydrogen (secondary N) is 2. The van der Waals surface area contributed by atoms with Gasteiger partial charge in [0, 0.05) is 42.3 Å². The van der Waals surface area contributed by atoms with Crippen molar-refractivity contribution >= 4 is 11.8 Å². The predicted molar refractivity (Wildman–Crippen MR) is 179 cm³/mol. The molecule has 1 unspecified atom stereocenters. The molecule has 2 N–H and O–H groups in total. The minimum atomic E-state index is -0.459. The third-order valence-electron chi connectivity index (χ3n) is 8.47. The summed E-state index contributed by atoms with van der Waals surface area (Å²) in [6, 6.07) is 35.4. The van der Waals surface area contributed by atoms with Gasteiger partial charge in [0.05, 0.1) is 10.8 Å². The van der Waals surface area contributed by atoms with E-state index in [0.29, 0.717) is 5.82 Å². The van der Waals surface area contributed by atoms with Crippen LogP contribution < -0.4 is 10.6 Å². The molecule has 2 heterocycles. The molecule has 1 aliphatic heterocycles. The van der Waals surface area contributed by atoms with Gasteiger partial charge in [0.2, 0.25) is 0 Å². The molecule has 0 radical (unpaired) electrons. The average molecular weight is 621 g/mol. The lowest BCUT2D eigenvalue weighted by Gasteiger charge is -2.37. The zero-order valence-corrected chi connectivity index (χ0v) is 26.2. The quantitative estimate of drug-likeness (QED) is 0.139. The van der Waals surface area contributed by atoms with E-state index in [4.69, 9.17) is 9.97 Å². The van der Waals surface area contributed by atoms with Gasteiger partial charge in [-0.25, -0.2) is 18.7 Å². The summed E-state index contributed by atoms with van der Waals surface area (Å²) >= 11 is 1.96. The number of hydrogen-bond acceptors (Lipinski definition) is 5. The fraction of sp³-hybridized carbons (Fsp3) is 0.263. The fourth-order valence-electron chi connectivity index (χ4n) is 6.30. The highest BCUT2D eigenvalue weighted by Gasteiger charge is 2.42. The molecule has 3 atom stereocenters. The van der Waals surface area contributed by atoms with E-state index < -0.39 is 16.4 Å². The van der Waals surface area contributed by atoms with Crippen LogP contribution in [0.25, 0.3) is 0 Å². The molecule has 5 aromatic rings. The lowest BCUT2D eigenvalue weighted by Crippen LogP contribution is -2.39. The Bertz CT molecular complexity index is 1560. The molecule has 1 aromatic heterocycles. The van der Waals surface area contributed by atoms with Crippen molar-refractivity contribution in [1.82, 2.24) is 20.6 Å². The summed E-state index contributed by atoms with van der Waals surface area (Å²) in [5.41, 5.74) is 5.04.